The van der Waals surface area contributed by atoms with Crippen LogP contribution < -0.4 is 0 Å². The van der Waals surface area contributed by atoms with Crippen molar-refractivity contribution in [3.8, 4) is 0 Å². The smallest absolute Gasteiger partial charge is 0.139 e. The highest BCUT2D eigenvalue weighted by Gasteiger charge is 2.57. The van der Waals surface area contributed by atoms with Crippen molar-refractivity contribution in [2.75, 3.05) is 7.11 Å². The van der Waals surface area contributed by atoms with Crippen molar-refractivity contribution in [2.45, 2.75) is 91.1 Å². The molecule has 0 amide bonds. The van der Waals surface area contributed by atoms with Crippen molar-refractivity contribution in [2.24, 2.45) is 35.0 Å². The summed E-state index contributed by atoms with van der Waals surface area (Å²) in [5.41, 5.74) is 0.171. The monoisotopic (exact) mass is 334 g/mol. The molecular formula is C22H38O2. The normalized spacial score (nSPS) is 50.2. The Morgan fingerprint density at radius 3 is 2.33 bits per heavy atom. The molecule has 4 saturated carbocycles. The van der Waals surface area contributed by atoms with Crippen LogP contribution in [0.25, 0.3) is 0 Å². The Hall–Kier alpha value is -0.370. The van der Waals surface area contributed by atoms with E-state index in [1.165, 1.54) is 51.4 Å². The fourth-order valence-electron chi connectivity index (χ4n) is 7.02. The van der Waals surface area contributed by atoms with Crippen LogP contribution in [0.3, 0.4) is 0 Å². The van der Waals surface area contributed by atoms with Gasteiger partial charge in [-0.15, -0.1) is 0 Å². The predicted molar refractivity (Wildman–Crippen MR) is 98.9 cm³/mol. The fraction of sp³-hybridized carbons (Fsp3) is 0.955. The average molecular weight is 335 g/mol. The number of methoxy groups -OCH3 is 1. The molecule has 0 N–H and O–H groups in total. The molecule has 0 heterocycles. The highest BCUT2D eigenvalue weighted by Crippen LogP contribution is 2.62. The summed E-state index contributed by atoms with van der Waals surface area (Å²) in [6, 6.07) is 0. The quantitative estimate of drug-likeness (QED) is 0.620. The number of rotatable bonds is 1. The molecule has 4 aliphatic rings. The first kappa shape index (κ1) is 18.4. The van der Waals surface area contributed by atoms with E-state index in [4.69, 9.17) is 4.74 Å². The second kappa shape index (κ2) is 6.74. The van der Waals surface area contributed by atoms with Gasteiger partial charge in [0.2, 0.25) is 0 Å². The Labute approximate surface area is 149 Å². The first-order valence-corrected chi connectivity index (χ1v) is 10.6. The third-order valence-electron chi connectivity index (χ3n) is 8.42. The standard InChI is InChI=1S/C20H32O2.C2H6/c1-19(22-3)10-8-14-13(12-19)4-5-16-15(14)9-11-20(2)17(16)6-7-18(20)21;1-2/h13-17H,4-12H2,1-3H3;1-2H3. The Balaban J connectivity index is 0.000000815. The van der Waals surface area contributed by atoms with Crippen LogP contribution in [0.5, 0.6) is 0 Å². The molecule has 4 fully saturated rings. The van der Waals surface area contributed by atoms with Gasteiger partial charge in [-0.05, 0) is 87.9 Å². The number of hydrogen-bond acceptors (Lipinski definition) is 2. The van der Waals surface area contributed by atoms with Crippen LogP contribution in [0, 0.1) is 35.0 Å². The molecule has 0 spiro atoms. The lowest BCUT2D eigenvalue weighted by atomic mass is 9.50. The van der Waals surface area contributed by atoms with Crippen molar-refractivity contribution in [1.82, 2.24) is 0 Å². The van der Waals surface area contributed by atoms with Gasteiger partial charge in [0.15, 0.2) is 0 Å². The van der Waals surface area contributed by atoms with E-state index >= 15 is 0 Å². The van der Waals surface area contributed by atoms with Gasteiger partial charge in [-0.3, -0.25) is 4.79 Å². The highest BCUT2D eigenvalue weighted by molar-refractivity contribution is 5.87. The van der Waals surface area contributed by atoms with Gasteiger partial charge < -0.3 is 4.74 Å². The molecule has 2 nitrogen and oxygen atoms in total. The van der Waals surface area contributed by atoms with Crippen molar-refractivity contribution in [3.05, 3.63) is 0 Å². The van der Waals surface area contributed by atoms with Gasteiger partial charge in [0.05, 0.1) is 5.60 Å². The molecule has 0 aromatic carbocycles. The Morgan fingerprint density at radius 1 is 0.917 bits per heavy atom. The van der Waals surface area contributed by atoms with Crippen LogP contribution in [-0.2, 0) is 9.53 Å². The second-order valence-electron chi connectivity index (χ2n) is 9.25. The second-order valence-corrected chi connectivity index (χ2v) is 9.25. The lowest BCUT2D eigenvalue weighted by Crippen LogP contribution is -2.50. The van der Waals surface area contributed by atoms with E-state index in [1.54, 1.807) is 0 Å². The molecule has 0 aromatic rings. The zero-order chi connectivity index (χ0) is 17.5. The average Bonchev–Trinajstić information content (AvgIpc) is 2.91. The molecular weight excluding hydrogens is 296 g/mol. The maximum absolute atomic E-state index is 12.4. The van der Waals surface area contributed by atoms with E-state index in [0.717, 1.165) is 30.1 Å². The van der Waals surface area contributed by atoms with Crippen LogP contribution >= 0.6 is 0 Å². The molecule has 138 valence electrons. The number of Topliss-reactive ketones (excluding diaryl/α,β-unsaturated/α-hetero) is 1. The summed E-state index contributed by atoms with van der Waals surface area (Å²) >= 11 is 0. The molecule has 0 aromatic heterocycles. The molecule has 4 aliphatic carbocycles. The van der Waals surface area contributed by atoms with Gasteiger partial charge in [-0.25, -0.2) is 0 Å². The van der Waals surface area contributed by atoms with Gasteiger partial charge in [0.1, 0.15) is 5.78 Å². The van der Waals surface area contributed by atoms with Crippen LogP contribution in [0.1, 0.15) is 85.5 Å². The number of carbonyl (C=O) groups excluding carboxylic acids is 1. The van der Waals surface area contributed by atoms with E-state index in [-0.39, 0.29) is 11.0 Å². The van der Waals surface area contributed by atoms with Gasteiger partial charge in [0, 0.05) is 18.9 Å². The maximum atomic E-state index is 12.4. The van der Waals surface area contributed by atoms with E-state index < -0.39 is 0 Å². The molecule has 0 aliphatic heterocycles. The van der Waals surface area contributed by atoms with Crippen LogP contribution in [0.15, 0.2) is 0 Å². The van der Waals surface area contributed by atoms with E-state index in [9.17, 15) is 4.79 Å². The molecule has 0 radical (unpaired) electrons. The Kier molecular flexibility index (Phi) is 5.17. The van der Waals surface area contributed by atoms with Crippen LogP contribution in [0.2, 0.25) is 0 Å². The van der Waals surface area contributed by atoms with Gasteiger partial charge in [-0.1, -0.05) is 20.8 Å². The largest absolute Gasteiger partial charge is 0.379 e. The van der Waals surface area contributed by atoms with Crippen molar-refractivity contribution >= 4 is 5.78 Å². The predicted octanol–water partition coefficient (Wildman–Crippen LogP) is 5.64. The summed E-state index contributed by atoms with van der Waals surface area (Å²) in [5, 5.41) is 0. The maximum Gasteiger partial charge on any atom is 0.139 e. The molecule has 7 atom stereocenters. The summed E-state index contributed by atoms with van der Waals surface area (Å²) in [5.74, 6) is 4.83. The first-order valence-electron chi connectivity index (χ1n) is 10.6. The molecule has 0 bridgehead atoms. The third-order valence-corrected chi connectivity index (χ3v) is 8.42. The summed E-state index contributed by atoms with van der Waals surface area (Å²) in [7, 11) is 1.89. The molecule has 24 heavy (non-hydrogen) atoms. The zero-order valence-corrected chi connectivity index (χ0v) is 16.6. The van der Waals surface area contributed by atoms with E-state index in [2.05, 4.69) is 13.8 Å². The summed E-state index contributed by atoms with van der Waals surface area (Å²) in [6.45, 7) is 8.60. The van der Waals surface area contributed by atoms with Crippen molar-refractivity contribution in [3.63, 3.8) is 0 Å². The minimum absolute atomic E-state index is 0.0454. The number of ether oxygens (including phenoxy) is 1. The third kappa shape index (κ3) is 2.77. The first-order chi connectivity index (χ1) is 11.5. The molecule has 2 heteroatoms. The lowest BCUT2D eigenvalue weighted by molar-refractivity contribution is -0.136. The summed E-state index contributed by atoms with van der Waals surface area (Å²) < 4.78 is 5.82. The molecule has 0 saturated heterocycles. The lowest BCUT2D eigenvalue weighted by Gasteiger charge is -2.56. The van der Waals surface area contributed by atoms with Crippen molar-refractivity contribution in [1.29, 1.82) is 0 Å². The number of hydrogen-bond donors (Lipinski definition) is 0. The minimum atomic E-state index is 0.0454. The SMILES string of the molecule is CC.COC1(C)CCC2C(CCC3C2CCC2(C)C(=O)CCC32)C1. The minimum Gasteiger partial charge on any atom is -0.379 e. The van der Waals surface area contributed by atoms with E-state index in [1.807, 2.05) is 21.0 Å². The van der Waals surface area contributed by atoms with Crippen LogP contribution in [0.4, 0.5) is 0 Å². The van der Waals surface area contributed by atoms with Crippen LogP contribution in [-0.4, -0.2) is 18.5 Å². The Morgan fingerprint density at radius 2 is 1.62 bits per heavy atom. The molecule has 7 unspecified atom stereocenters. The topological polar surface area (TPSA) is 26.3 Å². The summed E-state index contributed by atoms with van der Waals surface area (Å²) in [6.07, 6.45) is 11.1. The molecule has 4 rings (SSSR count). The number of fused-ring (bicyclic) bond motifs is 5. The Bertz CT molecular complexity index is 473. The number of ketones is 1. The van der Waals surface area contributed by atoms with Crippen molar-refractivity contribution < 1.29 is 9.53 Å². The van der Waals surface area contributed by atoms with E-state index in [0.29, 0.717) is 11.7 Å². The van der Waals surface area contributed by atoms with Gasteiger partial charge in [-0.2, -0.15) is 0 Å². The highest BCUT2D eigenvalue weighted by atomic mass is 16.5. The summed E-state index contributed by atoms with van der Waals surface area (Å²) in [4.78, 5) is 12.4. The zero-order valence-electron chi connectivity index (χ0n) is 16.6. The van der Waals surface area contributed by atoms with Gasteiger partial charge in [0.25, 0.3) is 0 Å². The fourth-order valence-corrected chi connectivity index (χ4v) is 7.02. The number of carbonyl (C=O) groups is 1. The van der Waals surface area contributed by atoms with Gasteiger partial charge >= 0.3 is 0 Å².